The first kappa shape index (κ1) is 18.6. The van der Waals surface area contributed by atoms with Crippen LogP contribution in [0.15, 0.2) is 47.6 Å². The van der Waals surface area contributed by atoms with Crippen LogP contribution in [0, 0.1) is 0 Å². The molecule has 0 bridgehead atoms. The van der Waals surface area contributed by atoms with Gasteiger partial charge in [-0.1, -0.05) is 23.9 Å². The molecule has 2 heterocycles. The second-order valence-corrected chi connectivity index (χ2v) is 6.85. The van der Waals surface area contributed by atoms with E-state index >= 15 is 0 Å². The quantitative estimate of drug-likeness (QED) is 0.451. The second-order valence-electron chi connectivity index (χ2n) is 5.91. The summed E-state index contributed by atoms with van der Waals surface area (Å²) in [7, 11) is 0. The average molecular weight is 412 g/mol. The number of aromatic nitrogens is 3. The highest BCUT2D eigenvalue weighted by molar-refractivity contribution is 7.99. The lowest BCUT2D eigenvalue weighted by molar-refractivity contribution is -0.113. The van der Waals surface area contributed by atoms with Crippen molar-refractivity contribution in [1.82, 2.24) is 15.2 Å². The molecule has 4 rings (SSSR count). The van der Waals surface area contributed by atoms with Gasteiger partial charge in [0.25, 0.3) is 5.91 Å². The third-order valence-electron chi connectivity index (χ3n) is 3.89. The first-order valence-corrected chi connectivity index (χ1v) is 9.47. The number of nitrogens with two attached hydrogens (primary N) is 1. The number of carbonyl (C=O) groups is 2. The van der Waals surface area contributed by atoms with Gasteiger partial charge in [0.15, 0.2) is 11.5 Å². The number of carbonyl (C=O) groups excluding carboxylic acids is 2. The molecule has 0 fully saturated rings. The van der Waals surface area contributed by atoms with Crippen molar-refractivity contribution in [2.24, 2.45) is 0 Å². The standard InChI is InChI=1S/C18H16N6O4S/c19-17-22-18(24-23-17)29-8-15(25)21-12-4-2-1-3-11(12)16(26)20-10-5-6-13-14(7-10)28-9-27-13/h1-7H,8-9H2,(H,20,26)(H,21,25)(H3,19,22,23,24). The smallest absolute Gasteiger partial charge is 0.257 e. The monoisotopic (exact) mass is 412 g/mol. The zero-order valence-corrected chi connectivity index (χ0v) is 15.8. The summed E-state index contributed by atoms with van der Waals surface area (Å²) in [5.41, 5.74) is 6.73. The number of nitrogens with zero attached hydrogens (tertiary/aromatic N) is 2. The Bertz CT molecular complexity index is 1070. The molecule has 2 amide bonds. The molecule has 0 unspecified atom stereocenters. The Labute approximate surface area is 169 Å². The topological polar surface area (TPSA) is 144 Å². The van der Waals surface area contributed by atoms with Crippen LogP contribution in [-0.2, 0) is 4.79 Å². The summed E-state index contributed by atoms with van der Waals surface area (Å²) in [6.07, 6.45) is 0. The number of amides is 2. The highest BCUT2D eigenvalue weighted by Crippen LogP contribution is 2.34. The third kappa shape index (κ3) is 4.41. The molecular weight excluding hydrogens is 396 g/mol. The van der Waals surface area contributed by atoms with Gasteiger partial charge in [-0.15, -0.1) is 5.10 Å². The van der Waals surface area contributed by atoms with Crippen molar-refractivity contribution in [3.8, 4) is 11.5 Å². The SMILES string of the molecule is Nc1nc(SCC(=O)Nc2ccccc2C(=O)Nc2ccc3c(c2)OCO3)n[nH]1. The summed E-state index contributed by atoms with van der Waals surface area (Å²) in [5.74, 6) is 0.764. The van der Waals surface area contributed by atoms with Crippen molar-refractivity contribution in [2.75, 3.05) is 28.9 Å². The Morgan fingerprint density at radius 3 is 2.79 bits per heavy atom. The molecular formula is C18H16N6O4S. The molecule has 0 radical (unpaired) electrons. The Morgan fingerprint density at radius 2 is 1.97 bits per heavy atom. The molecule has 0 saturated heterocycles. The molecule has 148 valence electrons. The minimum atomic E-state index is -0.367. The first-order valence-electron chi connectivity index (χ1n) is 8.49. The van der Waals surface area contributed by atoms with E-state index < -0.39 is 0 Å². The molecule has 0 saturated carbocycles. The zero-order chi connectivity index (χ0) is 20.2. The molecule has 2 aromatic carbocycles. The Morgan fingerprint density at radius 1 is 1.14 bits per heavy atom. The van der Waals surface area contributed by atoms with E-state index in [1.807, 2.05) is 0 Å². The molecule has 10 nitrogen and oxygen atoms in total. The summed E-state index contributed by atoms with van der Waals surface area (Å²) in [4.78, 5) is 28.9. The third-order valence-corrected chi connectivity index (χ3v) is 4.74. The summed E-state index contributed by atoms with van der Waals surface area (Å²) >= 11 is 1.13. The van der Waals surface area contributed by atoms with Gasteiger partial charge in [0, 0.05) is 11.8 Å². The number of para-hydroxylation sites is 1. The van der Waals surface area contributed by atoms with Gasteiger partial charge < -0.3 is 25.8 Å². The van der Waals surface area contributed by atoms with Crippen LogP contribution in [-0.4, -0.2) is 39.5 Å². The van der Waals surface area contributed by atoms with Gasteiger partial charge in [-0.25, -0.2) is 5.10 Å². The molecule has 1 aromatic heterocycles. The molecule has 29 heavy (non-hydrogen) atoms. The number of benzene rings is 2. The zero-order valence-electron chi connectivity index (χ0n) is 15.0. The number of hydrogen-bond acceptors (Lipinski definition) is 8. The molecule has 1 aliphatic rings. The predicted octanol–water partition coefficient (Wildman–Crippen LogP) is 2.10. The van der Waals surface area contributed by atoms with E-state index in [1.165, 1.54) is 0 Å². The van der Waals surface area contributed by atoms with Crippen LogP contribution in [0.5, 0.6) is 11.5 Å². The van der Waals surface area contributed by atoms with Gasteiger partial charge in [0.1, 0.15) is 0 Å². The number of rotatable bonds is 6. The van der Waals surface area contributed by atoms with E-state index in [-0.39, 0.29) is 30.3 Å². The maximum absolute atomic E-state index is 12.7. The molecule has 0 aliphatic carbocycles. The lowest BCUT2D eigenvalue weighted by Crippen LogP contribution is -2.19. The minimum absolute atomic E-state index is 0.0649. The lowest BCUT2D eigenvalue weighted by Gasteiger charge is -2.11. The molecule has 5 N–H and O–H groups in total. The Hall–Kier alpha value is -3.73. The van der Waals surface area contributed by atoms with E-state index in [2.05, 4.69) is 25.8 Å². The number of fused-ring (bicyclic) bond motifs is 1. The lowest BCUT2D eigenvalue weighted by atomic mass is 10.1. The van der Waals surface area contributed by atoms with Crippen molar-refractivity contribution < 1.29 is 19.1 Å². The molecule has 0 atom stereocenters. The van der Waals surface area contributed by atoms with Crippen LogP contribution in [0.4, 0.5) is 17.3 Å². The van der Waals surface area contributed by atoms with Crippen molar-refractivity contribution in [1.29, 1.82) is 0 Å². The van der Waals surface area contributed by atoms with E-state index in [0.29, 0.717) is 33.6 Å². The highest BCUT2D eigenvalue weighted by atomic mass is 32.2. The second kappa shape index (κ2) is 8.10. The van der Waals surface area contributed by atoms with Crippen LogP contribution in [0.25, 0.3) is 0 Å². The maximum atomic E-state index is 12.7. The summed E-state index contributed by atoms with van der Waals surface area (Å²) in [6, 6.07) is 11.8. The van der Waals surface area contributed by atoms with Crippen molar-refractivity contribution in [3.05, 3.63) is 48.0 Å². The number of nitrogens with one attached hydrogen (secondary N) is 3. The van der Waals surface area contributed by atoms with Crippen LogP contribution in [0.1, 0.15) is 10.4 Å². The van der Waals surface area contributed by atoms with Crippen molar-refractivity contribution in [2.45, 2.75) is 5.16 Å². The number of nitrogen functional groups attached to an aromatic ring is 1. The van der Waals surface area contributed by atoms with Crippen molar-refractivity contribution >= 4 is 40.9 Å². The first-order chi connectivity index (χ1) is 14.1. The molecule has 1 aliphatic heterocycles. The minimum Gasteiger partial charge on any atom is -0.454 e. The number of thioether (sulfide) groups is 1. The molecule has 11 heteroatoms. The summed E-state index contributed by atoms with van der Waals surface area (Å²) in [5, 5.41) is 12.2. The maximum Gasteiger partial charge on any atom is 0.257 e. The van der Waals surface area contributed by atoms with Gasteiger partial charge in [-0.05, 0) is 24.3 Å². The average Bonchev–Trinajstić information content (AvgIpc) is 3.35. The van der Waals surface area contributed by atoms with Crippen LogP contribution in [0.2, 0.25) is 0 Å². The fourth-order valence-corrected chi connectivity index (χ4v) is 3.21. The summed E-state index contributed by atoms with van der Waals surface area (Å²) < 4.78 is 10.6. The van der Waals surface area contributed by atoms with Crippen LogP contribution >= 0.6 is 11.8 Å². The largest absolute Gasteiger partial charge is 0.454 e. The molecule has 3 aromatic rings. The number of H-pyrrole nitrogens is 1. The van der Waals surface area contributed by atoms with Crippen molar-refractivity contribution in [3.63, 3.8) is 0 Å². The van der Waals surface area contributed by atoms with Gasteiger partial charge in [0.2, 0.25) is 23.8 Å². The predicted molar refractivity (Wildman–Crippen MR) is 107 cm³/mol. The van der Waals surface area contributed by atoms with E-state index in [1.54, 1.807) is 42.5 Å². The number of anilines is 3. The normalized spacial score (nSPS) is 11.9. The van der Waals surface area contributed by atoms with E-state index in [9.17, 15) is 9.59 Å². The van der Waals surface area contributed by atoms with Crippen LogP contribution < -0.4 is 25.8 Å². The van der Waals surface area contributed by atoms with Gasteiger partial charge in [-0.3, -0.25) is 9.59 Å². The fraction of sp³-hybridized carbons (Fsp3) is 0.111. The molecule has 0 spiro atoms. The van der Waals surface area contributed by atoms with E-state index in [0.717, 1.165) is 11.8 Å². The van der Waals surface area contributed by atoms with Gasteiger partial charge in [-0.2, -0.15) is 4.98 Å². The number of aromatic amines is 1. The fourth-order valence-electron chi connectivity index (χ4n) is 2.60. The Kier molecular flexibility index (Phi) is 5.20. The number of hydrogen-bond donors (Lipinski definition) is 4. The Balaban J connectivity index is 1.41. The summed E-state index contributed by atoms with van der Waals surface area (Å²) in [6.45, 7) is 0.153. The highest BCUT2D eigenvalue weighted by Gasteiger charge is 2.17. The van der Waals surface area contributed by atoms with Gasteiger partial charge >= 0.3 is 0 Å². The van der Waals surface area contributed by atoms with Crippen LogP contribution in [0.3, 0.4) is 0 Å². The number of ether oxygens (including phenoxy) is 2. The van der Waals surface area contributed by atoms with Gasteiger partial charge in [0.05, 0.1) is 17.0 Å². The van der Waals surface area contributed by atoms with E-state index in [4.69, 9.17) is 15.2 Å².